The molecule has 0 fully saturated rings. The second-order valence-corrected chi connectivity index (χ2v) is 1.91. The normalized spacial score (nSPS) is 11.5. The van der Waals surface area contributed by atoms with Crippen LogP contribution in [0.4, 0.5) is 22.4 Å². The van der Waals surface area contributed by atoms with Crippen molar-refractivity contribution < 1.29 is 27.1 Å². The average Bonchev–Trinajstić information content (AvgIpc) is 2.00. The number of hydrogen-bond acceptors (Lipinski definition) is 2. The fourth-order valence-electron chi connectivity index (χ4n) is 0.339. The lowest BCUT2D eigenvalue weighted by atomic mass is 10.3. The molecule has 7 heteroatoms. The van der Waals surface area contributed by atoms with Gasteiger partial charge in [-0.3, -0.25) is 0 Å². The van der Waals surface area contributed by atoms with E-state index in [-0.39, 0.29) is 0 Å². The topological polar surface area (TPSA) is 38.3 Å². The Labute approximate surface area is 65.7 Å². The van der Waals surface area contributed by atoms with Crippen LogP contribution < -0.4 is 5.32 Å². The molecule has 0 atom stereocenters. The van der Waals surface area contributed by atoms with Gasteiger partial charge >= 0.3 is 18.4 Å². The van der Waals surface area contributed by atoms with Crippen molar-refractivity contribution in [2.75, 3.05) is 13.7 Å². The molecule has 0 aromatic heterocycles. The second kappa shape index (κ2) is 4.13. The number of rotatable bonds is 3. The van der Waals surface area contributed by atoms with Gasteiger partial charge in [0.05, 0.1) is 13.7 Å². The van der Waals surface area contributed by atoms with E-state index in [2.05, 4.69) is 4.74 Å². The summed E-state index contributed by atoms with van der Waals surface area (Å²) >= 11 is 0. The predicted octanol–water partition coefficient (Wildman–Crippen LogP) is 1.24. The third kappa shape index (κ3) is 3.40. The first-order valence-corrected chi connectivity index (χ1v) is 2.88. The van der Waals surface area contributed by atoms with E-state index in [1.54, 1.807) is 0 Å². The molecule has 0 unspecified atom stereocenters. The van der Waals surface area contributed by atoms with Gasteiger partial charge in [-0.25, -0.2) is 13.6 Å². The van der Waals surface area contributed by atoms with E-state index in [0.717, 1.165) is 7.11 Å². The van der Waals surface area contributed by atoms with Crippen molar-refractivity contribution in [3.05, 3.63) is 0 Å². The van der Waals surface area contributed by atoms with E-state index < -0.39 is 25.0 Å². The monoisotopic (exact) mass is 189 g/mol. The summed E-state index contributed by atoms with van der Waals surface area (Å²) in [5.74, 6) is -4.21. The van der Waals surface area contributed by atoms with Crippen LogP contribution in [-0.4, -0.2) is 32.1 Å². The third-order valence-electron chi connectivity index (χ3n) is 0.973. The number of carbonyl (C=O) groups is 1. The standard InChI is InChI=1S/C5H7F4NO2/c1-12-4(11)10-2-5(8,9)3(6)7/h3H,2H2,1H3,(H,10,11). The van der Waals surface area contributed by atoms with Crippen molar-refractivity contribution in [2.24, 2.45) is 0 Å². The molecule has 0 aliphatic heterocycles. The van der Waals surface area contributed by atoms with Crippen LogP contribution >= 0.6 is 0 Å². The molecule has 1 amide bonds. The maximum Gasteiger partial charge on any atom is 0.407 e. The van der Waals surface area contributed by atoms with Crippen LogP contribution in [0.5, 0.6) is 0 Å². The summed E-state index contributed by atoms with van der Waals surface area (Å²) < 4.78 is 50.8. The first kappa shape index (κ1) is 11.0. The van der Waals surface area contributed by atoms with Crippen LogP contribution in [0.2, 0.25) is 0 Å². The highest BCUT2D eigenvalue weighted by Crippen LogP contribution is 2.21. The first-order chi connectivity index (χ1) is 5.40. The SMILES string of the molecule is COC(=O)NCC(F)(F)C(F)F. The van der Waals surface area contributed by atoms with Crippen molar-refractivity contribution in [1.82, 2.24) is 5.32 Å². The number of carbonyl (C=O) groups excluding carboxylic acids is 1. The van der Waals surface area contributed by atoms with Gasteiger partial charge in [-0.2, -0.15) is 8.78 Å². The van der Waals surface area contributed by atoms with Crippen LogP contribution in [0.25, 0.3) is 0 Å². The van der Waals surface area contributed by atoms with Gasteiger partial charge in [0.2, 0.25) is 0 Å². The molecule has 0 rings (SSSR count). The number of amides is 1. The van der Waals surface area contributed by atoms with Gasteiger partial charge in [0.15, 0.2) is 0 Å². The Hall–Kier alpha value is -1.01. The molecule has 1 N–H and O–H groups in total. The zero-order valence-electron chi connectivity index (χ0n) is 6.11. The Morgan fingerprint density at radius 3 is 2.42 bits per heavy atom. The van der Waals surface area contributed by atoms with Crippen molar-refractivity contribution in [2.45, 2.75) is 12.3 Å². The minimum atomic E-state index is -4.21. The Morgan fingerprint density at radius 2 is 2.08 bits per heavy atom. The maximum absolute atomic E-state index is 12.0. The fraction of sp³-hybridized carbons (Fsp3) is 0.800. The Balaban J connectivity index is 3.83. The van der Waals surface area contributed by atoms with Crippen molar-refractivity contribution >= 4 is 6.09 Å². The summed E-state index contributed by atoms with van der Waals surface area (Å²) in [7, 11) is 0.940. The van der Waals surface area contributed by atoms with Gasteiger partial charge in [0.1, 0.15) is 0 Å². The number of hydrogen-bond donors (Lipinski definition) is 1. The molecule has 0 aromatic rings. The zero-order chi connectivity index (χ0) is 9.78. The Morgan fingerprint density at radius 1 is 1.58 bits per heavy atom. The Bertz CT molecular complexity index is 162. The number of methoxy groups -OCH3 is 1. The lowest BCUT2D eigenvalue weighted by Gasteiger charge is -2.14. The molecule has 0 aliphatic carbocycles. The number of alkyl carbamates (subject to hydrolysis) is 1. The van der Waals surface area contributed by atoms with Crippen molar-refractivity contribution in [3.63, 3.8) is 0 Å². The van der Waals surface area contributed by atoms with Crippen LogP contribution in [0.3, 0.4) is 0 Å². The first-order valence-electron chi connectivity index (χ1n) is 2.88. The van der Waals surface area contributed by atoms with Gasteiger partial charge in [0, 0.05) is 0 Å². The number of ether oxygens (including phenoxy) is 1. The summed E-state index contributed by atoms with van der Waals surface area (Å²) in [6.07, 6.45) is -4.97. The summed E-state index contributed by atoms with van der Waals surface area (Å²) in [5, 5.41) is 1.46. The second-order valence-electron chi connectivity index (χ2n) is 1.91. The van der Waals surface area contributed by atoms with Crippen LogP contribution in [0.15, 0.2) is 0 Å². The number of halogens is 4. The molecule has 0 bridgehead atoms. The lowest BCUT2D eigenvalue weighted by Crippen LogP contribution is -2.41. The van der Waals surface area contributed by atoms with E-state index >= 15 is 0 Å². The van der Waals surface area contributed by atoms with E-state index in [9.17, 15) is 22.4 Å². The van der Waals surface area contributed by atoms with Crippen LogP contribution in [0.1, 0.15) is 0 Å². The third-order valence-corrected chi connectivity index (χ3v) is 0.973. The molecule has 0 saturated heterocycles. The molecule has 0 saturated carbocycles. The summed E-state index contributed by atoms with van der Waals surface area (Å²) in [6.45, 7) is -1.43. The molecule has 3 nitrogen and oxygen atoms in total. The van der Waals surface area contributed by atoms with Crippen LogP contribution in [0, 0.1) is 0 Å². The molecule has 0 aliphatic rings. The van der Waals surface area contributed by atoms with E-state index in [1.807, 2.05) is 0 Å². The minimum Gasteiger partial charge on any atom is -0.453 e. The summed E-state index contributed by atoms with van der Waals surface area (Å²) in [4.78, 5) is 10.2. The lowest BCUT2D eigenvalue weighted by molar-refractivity contribution is -0.124. The quantitative estimate of drug-likeness (QED) is 0.678. The van der Waals surface area contributed by atoms with Gasteiger partial charge in [-0.1, -0.05) is 0 Å². The number of alkyl halides is 4. The zero-order valence-corrected chi connectivity index (χ0v) is 6.11. The highest BCUT2D eigenvalue weighted by atomic mass is 19.3. The molecular formula is C5H7F4NO2. The fourth-order valence-corrected chi connectivity index (χ4v) is 0.339. The number of nitrogens with one attached hydrogen (secondary N) is 1. The molecule has 0 spiro atoms. The average molecular weight is 189 g/mol. The van der Waals surface area contributed by atoms with Crippen molar-refractivity contribution in [3.8, 4) is 0 Å². The smallest absolute Gasteiger partial charge is 0.407 e. The molecule has 0 aromatic carbocycles. The molecular weight excluding hydrogens is 182 g/mol. The van der Waals surface area contributed by atoms with E-state index in [1.165, 1.54) is 5.32 Å². The maximum atomic E-state index is 12.0. The predicted molar refractivity (Wildman–Crippen MR) is 31.4 cm³/mol. The molecule has 0 heterocycles. The molecule has 12 heavy (non-hydrogen) atoms. The summed E-state index contributed by atoms with van der Waals surface area (Å²) in [5.41, 5.74) is 0. The highest BCUT2D eigenvalue weighted by Gasteiger charge is 2.40. The van der Waals surface area contributed by atoms with E-state index in [0.29, 0.717) is 0 Å². The summed E-state index contributed by atoms with van der Waals surface area (Å²) in [6, 6.07) is 0. The highest BCUT2D eigenvalue weighted by molar-refractivity contribution is 5.66. The van der Waals surface area contributed by atoms with Gasteiger partial charge in [0.25, 0.3) is 0 Å². The van der Waals surface area contributed by atoms with Gasteiger partial charge < -0.3 is 10.1 Å². The molecule has 0 radical (unpaired) electrons. The van der Waals surface area contributed by atoms with Gasteiger partial charge in [-0.05, 0) is 0 Å². The van der Waals surface area contributed by atoms with E-state index in [4.69, 9.17) is 0 Å². The van der Waals surface area contributed by atoms with Gasteiger partial charge in [-0.15, -0.1) is 0 Å². The van der Waals surface area contributed by atoms with Crippen molar-refractivity contribution in [1.29, 1.82) is 0 Å². The minimum absolute atomic E-state index is 0.940. The van der Waals surface area contributed by atoms with Crippen LogP contribution in [-0.2, 0) is 4.74 Å². The molecule has 72 valence electrons. The Kier molecular flexibility index (Phi) is 3.78. The largest absolute Gasteiger partial charge is 0.453 e.